The van der Waals surface area contributed by atoms with E-state index in [4.69, 9.17) is 47.4 Å². The molecule has 0 spiro atoms. The first-order valence-corrected chi connectivity index (χ1v) is 19.7. The summed E-state index contributed by atoms with van der Waals surface area (Å²) in [6.45, 7) is 11.5. The molecule has 13 heteroatoms. The molecule has 1 fully saturated rings. The third-order valence-corrected chi connectivity index (χ3v) is 8.83. The average molecular weight is 787 g/mol. The topological polar surface area (TPSA) is 116 Å². The molecule has 2 aromatic rings. The molecule has 0 bridgehead atoms. The fourth-order valence-electron chi connectivity index (χ4n) is 5.50. The Morgan fingerprint density at radius 1 is 0.429 bits per heavy atom. The maximum absolute atomic E-state index is 13.3. The van der Waals surface area contributed by atoms with Crippen LogP contribution >= 0.6 is 0 Å². The summed E-state index contributed by atoms with van der Waals surface area (Å²) in [6, 6.07) is 16.6. The highest BCUT2D eigenvalue weighted by Gasteiger charge is 2.23. The van der Waals surface area contributed by atoms with Crippen molar-refractivity contribution in [1.82, 2.24) is 0 Å². The second-order valence-corrected chi connectivity index (χ2v) is 13.1. The first-order valence-electron chi connectivity index (χ1n) is 19.7. The molecule has 0 saturated heterocycles. The van der Waals surface area contributed by atoms with Gasteiger partial charge >= 0.3 is 0 Å². The van der Waals surface area contributed by atoms with E-state index in [1.807, 2.05) is 26.2 Å². The van der Waals surface area contributed by atoms with Gasteiger partial charge in [0, 0.05) is 63.9 Å². The molecule has 1 aliphatic rings. The lowest BCUT2D eigenvalue weighted by Crippen LogP contribution is -2.23. The quantitative estimate of drug-likeness (QED) is 0.0715. The monoisotopic (exact) mass is 786 g/mol. The standard InChI is InChI=1S/C43H66N2O11/c1-44(15-17-49-23-25-53-31-33-55-29-27-51-21-19-47-3)41-11-5-37(6-12-41)35-39-9-10-40(43(39)46)36-38-7-13-42(14-8-38)45(2)16-18-50-24-26-54-32-34-56-30-28-52-22-20-48-4/h5-8,11-14,35-36H,9-10,15-34H2,1-4H3/b39-35+,40-36+. The fourth-order valence-corrected chi connectivity index (χ4v) is 5.50. The van der Waals surface area contributed by atoms with Crippen molar-refractivity contribution in [3.05, 3.63) is 70.8 Å². The molecule has 1 saturated carbocycles. The van der Waals surface area contributed by atoms with E-state index in [0.29, 0.717) is 119 Å². The molecule has 1 aliphatic carbocycles. The van der Waals surface area contributed by atoms with Crippen LogP contribution in [-0.2, 0) is 52.2 Å². The van der Waals surface area contributed by atoms with E-state index in [2.05, 4.69) is 58.3 Å². The number of hydrogen-bond donors (Lipinski definition) is 0. The normalized spacial score (nSPS) is 14.4. The molecule has 2 aromatic carbocycles. The van der Waals surface area contributed by atoms with Crippen LogP contribution in [0.1, 0.15) is 24.0 Å². The van der Waals surface area contributed by atoms with Gasteiger partial charge in [0.2, 0.25) is 0 Å². The molecule has 0 unspecified atom stereocenters. The Bertz CT molecular complexity index is 1250. The third-order valence-electron chi connectivity index (χ3n) is 8.83. The molecule has 3 rings (SSSR count). The van der Waals surface area contributed by atoms with Gasteiger partial charge in [0.05, 0.1) is 119 Å². The van der Waals surface area contributed by atoms with Crippen molar-refractivity contribution >= 4 is 29.3 Å². The fraction of sp³-hybridized carbons (Fsp3) is 0.605. The van der Waals surface area contributed by atoms with Crippen LogP contribution in [0.2, 0.25) is 0 Å². The Morgan fingerprint density at radius 3 is 0.982 bits per heavy atom. The summed E-state index contributed by atoms with van der Waals surface area (Å²) in [5.41, 5.74) is 5.92. The summed E-state index contributed by atoms with van der Waals surface area (Å²) in [4.78, 5) is 17.6. The Labute approximate surface area is 334 Å². The molecule has 0 radical (unpaired) electrons. The number of nitrogens with zero attached hydrogens (tertiary/aromatic N) is 2. The number of carbonyl (C=O) groups is 1. The zero-order valence-electron chi connectivity index (χ0n) is 34.2. The summed E-state index contributed by atoms with van der Waals surface area (Å²) in [6.07, 6.45) is 5.52. The summed E-state index contributed by atoms with van der Waals surface area (Å²) in [5.74, 6) is 0.126. The molecule has 0 atom stereocenters. The molecule has 0 amide bonds. The Hall–Kier alpha value is -3.21. The minimum absolute atomic E-state index is 0.126. The highest BCUT2D eigenvalue weighted by atomic mass is 16.6. The van der Waals surface area contributed by atoms with Crippen LogP contribution in [0.5, 0.6) is 0 Å². The van der Waals surface area contributed by atoms with Crippen LogP contribution in [-0.4, -0.2) is 166 Å². The van der Waals surface area contributed by atoms with E-state index >= 15 is 0 Å². The molecular formula is C43H66N2O11. The van der Waals surface area contributed by atoms with Gasteiger partial charge in [-0.15, -0.1) is 0 Å². The van der Waals surface area contributed by atoms with E-state index in [1.54, 1.807) is 14.2 Å². The molecule has 0 heterocycles. The van der Waals surface area contributed by atoms with Gasteiger partial charge in [-0.25, -0.2) is 0 Å². The molecule has 0 aliphatic heterocycles. The first-order chi connectivity index (χ1) is 27.5. The van der Waals surface area contributed by atoms with Crippen LogP contribution in [0.25, 0.3) is 12.2 Å². The second-order valence-electron chi connectivity index (χ2n) is 13.1. The van der Waals surface area contributed by atoms with Gasteiger partial charge in [-0.3, -0.25) is 4.79 Å². The summed E-state index contributed by atoms with van der Waals surface area (Å²) < 4.78 is 54.1. The van der Waals surface area contributed by atoms with Gasteiger partial charge in [0.1, 0.15) is 0 Å². The van der Waals surface area contributed by atoms with Crippen molar-refractivity contribution in [1.29, 1.82) is 0 Å². The van der Waals surface area contributed by atoms with Crippen LogP contribution < -0.4 is 9.80 Å². The number of benzene rings is 2. The highest BCUT2D eigenvalue weighted by molar-refractivity contribution is 6.15. The lowest BCUT2D eigenvalue weighted by atomic mass is 10.1. The summed E-state index contributed by atoms with van der Waals surface area (Å²) in [7, 11) is 7.39. The highest BCUT2D eigenvalue weighted by Crippen LogP contribution is 2.30. The summed E-state index contributed by atoms with van der Waals surface area (Å²) >= 11 is 0. The predicted octanol–water partition coefficient (Wildman–Crippen LogP) is 4.81. The maximum Gasteiger partial charge on any atom is 0.185 e. The van der Waals surface area contributed by atoms with E-state index < -0.39 is 0 Å². The van der Waals surface area contributed by atoms with Crippen molar-refractivity contribution in [3.8, 4) is 0 Å². The largest absolute Gasteiger partial charge is 0.382 e. The van der Waals surface area contributed by atoms with Crippen molar-refractivity contribution in [2.24, 2.45) is 0 Å². The van der Waals surface area contributed by atoms with Crippen LogP contribution in [0.3, 0.4) is 0 Å². The van der Waals surface area contributed by atoms with Crippen molar-refractivity contribution in [2.75, 3.05) is 170 Å². The number of Topliss-reactive ketones (excluding diaryl/α,β-unsaturated/α-hetero) is 1. The number of anilines is 2. The van der Waals surface area contributed by atoms with E-state index in [9.17, 15) is 4.79 Å². The number of ether oxygens (including phenoxy) is 10. The lowest BCUT2D eigenvalue weighted by molar-refractivity contribution is -0.111. The zero-order valence-corrected chi connectivity index (χ0v) is 34.2. The number of methoxy groups -OCH3 is 2. The Morgan fingerprint density at radius 2 is 0.696 bits per heavy atom. The minimum Gasteiger partial charge on any atom is -0.382 e. The van der Waals surface area contributed by atoms with E-state index in [1.165, 1.54) is 0 Å². The smallest absolute Gasteiger partial charge is 0.185 e. The number of carbonyl (C=O) groups excluding carboxylic acids is 1. The van der Waals surface area contributed by atoms with Gasteiger partial charge in [-0.1, -0.05) is 24.3 Å². The second kappa shape index (κ2) is 30.9. The SMILES string of the molecule is COCCOCCOCCOCCOCCN(C)c1ccc(/C=C2\CC/C(=C\c3ccc(N(C)CCOCCOCCOCCOCCOC)cc3)C2=O)cc1. The van der Waals surface area contributed by atoms with Crippen LogP contribution in [0.15, 0.2) is 59.7 Å². The van der Waals surface area contributed by atoms with Crippen molar-refractivity contribution in [2.45, 2.75) is 12.8 Å². The van der Waals surface area contributed by atoms with Gasteiger partial charge in [0.15, 0.2) is 5.78 Å². The average Bonchev–Trinajstić information content (AvgIpc) is 3.55. The lowest BCUT2D eigenvalue weighted by Gasteiger charge is -2.19. The predicted molar refractivity (Wildman–Crippen MR) is 220 cm³/mol. The molecule has 0 aromatic heterocycles. The van der Waals surface area contributed by atoms with Crippen LogP contribution in [0.4, 0.5) is 11.4 Å². The maximum atomic E-state index is 13.3. The molecule has 56 heavy (non-hydrogen) atoms. The molecule has 0 N–H and O–H groups in total. The van der Waals surface area contributed by atoms with Gasteiger partial charge in [-0.2, -0.15) is 0 Å². The van der Waals surface area contributed by atoms with Crippen molar-refractivity contribution in [3.63, 3.8) is 0 Å². The number of likely N-dealkylation sites (N-methyl/N-ethyl adjacent to an activating group) is 2. The number of allylic oxidation sites excluding steroid dienone is 2. The van der Waals surface area contributed by atoms with E-state index in [-0.39, 0.29) is 5.78 Å². The summed E-state index contributed by atoms with van der Waals surface area (Å²) in [5, 5.41) is 0. The number of ketones is 1. The van der Waals surface area contributed by atoms with Gasteiger partial charge < -0.3 is 57.2 Å². The van der Waals surface area contributed by atoms with Crippen molar-refractivity contribution < 1.29 is 52.2 Å². The Balaban J connectivity index is 1.26. The Kier molecular flexibility index (Phi) is 26.0. The number of rotatable bonds is 34. The first kappa shape index (κ1) is 47.2. The molecule has 314 valence electrons. The van der Waals surface area contributed by atoms with Gasteiger partial charge in [-0.05, 0) is 60.4 Å². The molecular weight excluding hydrogens is 720 g/mol. The van der Waals surface area contributed by atoms with Crippen LogP contribution in [0, 0.1) is 0 Å². The van der Waals surface area contributed by atoms with Gasteiger partial charge in [0.25, 0.3) is 0 Å². The minimum atomic E-state index is 0.126. The third kappa shape index (κ3) is 20.8. The van der Waals surface area contributed by atoms with E-state index in [0.717, 1.165) is 59.6 Å². The zero-order chi connectivity index (χ0) is 39.9. The number of hydrogen-bond acceptors (Lipinski definition) is 13. The molecule has 13 nitrogen and oxygen atoms in total.